The molecule has 3 rings (SSSR count). The fraction of sp³-hybridized carbons (Fsp3) is 0.111. The largest absolute Gasteiger partial charge is 0.508 e. The smallest absolute Gasteiger partial charge is 0.254 e. The van der Waals surface area contributed by atoms with Crippen LogP contribution in [0.2, 0.25) is 5.02 Å². The molecule has 1 amide bonds. The van der Waals surface area contributed by atoms with Crippen LogP contribution in [0.3, 0.4) is 0 Å². The van der Waals surface area contributed by atoms with Gasteiger partial charge in [-0.05, 0) is 31.5 Å². The average Bonchev–Trinajstić information content (AvgIpc) is 2.89. The SMILES string of the molecule is Cc1ccc(O)c(C)c1-n1nc(-c2ccccc2Cl)c(C(N)=O)c1N. The molecule has 0 saturated heterocycles. The summed E-state index contributed by atoms with van der Waals surface area (Å²) >= 11 is 6.25. The van der Waals surface area contributed by atoms with E-state index in [4.69, 9.17) is 23.1 Å². The lowest BCUT2D eigenvalue weighted by Gasteiger charge is -2.12. The molecule has 2 aromatic carbocycles. The van der Waals surface area contributed by atoms with Gasteiger partial charge in [-0.3, -0.25) is 4.79 Å². The Morgan fingerprint density at radius 2 is 1.88 bits per heavy atom. The fourth-order valence-electron chi connectivity index (χ4n) is 2.84. The lowest BCUT2D eigenvalue weighted by Crippen LogP contribution is -2.14. The second kappa shape index (κ2) is 6.14. The minimum absolute atomic E-state index is 0.0928. The average molecular weight is 357 g/mol. The molecule has 3 aromatic rings. The van der Waals surface area contributed by atoms with Crippen molar-refractivity contribution in [3.8, 4) is 22.7 Å². The van der Waals surface area contributed by atoms with Crippen molar-refractivity contribution in [2.24, 2.45) is 5.73 Å². The molecule has 0 aliphatic rings. The molecule has 25 heavy (non-hydrogen) atoms. The monoisotopic (exact) mass is 356 g/mol. The number of hydrogen-bond donors (Lipinski definition) is 3. The van der Waals surface area contributed by atoms with Crippen LogP contribution in [0.25, 0.3) is 16.9 Å². The number of nitrogens with two attached hydrogens (primary N) is 2. The molecule has 0 bridgehead atoms. The van der Waals surface area contributed by atoms with Gasteiger partial charge in [0, 0.05) is 11.1 Å². The van der Waals surface area contributed by atoms with Gasteiger partial charge in [0.2, 0.25) is 0 Å². The summed E-state index contributed by atoms with van der Waals surface area (Å²) in [6.45, 7) is 3.61. The third-order valence-electron chi connectivity index (χ3n) is 4.11. The number of rotatable bonds is 3. The van der Waals surface area contributed by atoms with Crippen LogP contribution in [-0.2, 0) is 0 Å². The lowest BCUT2D eigenvalue weighted by atomic mass is 10.1. The first-order valence-corrected chi connectivity index (χ1v) is 7.93. The van der Waals surface area contributed by atoms with Gasteiger partial charge in [0.15, 0.2) is 0 Å². The van der Waals surface area contributed by atoms with E-state index in [9.17, 15) is 9.90 Å². The molecule has 0 aliphatic heterocycles. The molecule has 0 atom stereocenters. The van der Waals surface area contributed by atoms with Crippen molar-refractivity contribution in [1.82, 2.24) is 9.78 Å². The van der Waals surface area contributed by atoms with Gasteiger partial charge < -0.3 is 16.6 Å². The molecule has 6 nitrogen and oxygen atoms in total. The number of aromatic nitrogens is 2. The highest BCUT2D eigenvalue weighted by Gasteiger charge is 2.25. The van der Waals surface area contributed by atoms with Crippen LogP contribution in [0.4, 0.5) is 5.82 Å². The van der Waals surface area contributed by atoms with Gasteiger partial charge in [0.05, 0.1) is 10.7 Å². The number of nitrogens with zero attached hydrogens (tertiary/aromatic N) is 2. The molecule has 0 unspecified atom stereocenters. The summed E-state index contributed by atoms with van der Waals surface area (Å²) in [5.41, 5.74) is 14.7. The Hall–Kier alpha value is -2.99. The van der Waals surface area contributed by atoms with E-state index in [1.807, 2.05) is 6.92 Å². The Morgan fingerprint density at radius 1 is 1.20 bits per heavy atom. The molecular formula is C18H17ClN4O2. The molecule has 1 heterocycles. The van der Waals surface area contributed by atoms with Gasteiger partial charge in [0.1, 0.15) is 22.8 Å². The van der Waals surface area contributed by atoms with E-state index in [0.717, 1.165) is 5.56 Å². The number of nitrogen functional groups attached to an aromatic ring is 1. The molecule has 0 saturated carbocycles. The molecule has 1 aromatic heterocycles. The minimum Gasteiger partial charge on any atom is -0.508 e. The number of phenolic OH excluding ortho intramolecular Hbond substituents is 1. The Kier molecular flexibility index (Phi) is 4.14. The number of halogens is 1. The Bertz CT molecular complexity index is 995. The van der Waals surface area contributed by atoms with Crippen molar-refractivity contribution in [2.75, 3.05) is 5.73 Å². The van der Waals surface area contributed by atoms with E-state index in [1.165, 1.54) is 4.68 Å². The second-order valence-electron chi connectivity index (χ2n) is 5.74. The van der Waals surface area contributed by atoms with Crippen LogP contribution in [0.5, 0.6) is 5.75 Å². The van der Waals surface area contributed by atoms with E-state index in [1.54, 1.807) is 43.3 Å². The highest BCUT2D eigenvalue weighted by atomic mass is 35.5. The molecule has 0 aliphatic carbocycles. The van der Waals surface area contributed by atoms with E-state index in [0.29, 0.717) is 27.5 Å². The number of aromatic hydroxyl groups is 1. The van der Waals surface area contributed by atoms with E-state index in [-0.39, 0.29) is 17.1 Å². The minimum atomic E-state index is -0.700. The first-order chi connectivity index (χ1) is 11.8. The third kappa shape index (κ3) is 2.70. The van der Waals surface area contributed by atoms with E-state index in [2.05, 4.69) is 5.10 Å². The maximum atomic E-state index is 12.0. The molecule has 0 spiro atoms. The number of carbonyl (C=O) groups excluding carboxylic acids is 1. The summed E-state index contributed by atoms with van der Waals surface area (Å²) in [5.74, 6) is -0.497. The van der Waals surface area contributed by atoms with Gasteiger partial charge in [-0.1, -0.05) is 35.9 Å². The van der Waals surface area contributed by atoms with Crippen molar-refractivity contribution >= 4 is 23.3 Å². The van der Waals surface area contributed by atoms with Crippen LogP contribution >= 0.6 is 11.6 Å². The van der Waals surface area contributed by atoms with Gasteiger partial charge in [-0.25, -0.2) is 4.68 Å². The number of hydrogen-bond acceptors (Lipinski definition) is 4. The van der Waals surface area contributed by atoms with Gasteiger partial charge in [0.25, 0.3) is 5.91 Å². The quantitative estimate of drug-likeness (QED) is 0.669. The van der Waals surface area contributed by atoms with E-state index >= 15 is 0 Å². The Balaban J connectivity index is 2.36. The number of benzene rings is 2. The topological polar surface area (TPSA) is 107 Å². The summed E-state index contributed by atoms with van der Waals surface area (Å²) < 4.78 is 1.42. The van der Waals surface area contributed by atoms with Crippen LogP contribution in [0, 0.1) is 13.8 Å². The van der Waals surface area contributed by atoms with Crippen LogP contribution < -0.4 is 11.5 Å². The van der Waals surface area contributed by atoms with Crippen LogP contribution in [0.15, 0.2) is 36.4 Å². The normalized spacial score (nSPS) is 10.8. The Labute approximate surface area is 149 Å². The molecule has 7 heteroatoms. The zero-order valence-electron chi connectivity index (χ0n) is 13.7. The number of aryl methyl sites for hydroxylation is 1. The molecular weight excluding hydrogens is 340 g/mol. The maximum absolute atomic E-state index is 12.0. The third-order valence-corrected chi connectivity index (χ3v) is 4.44. The van der Waals surface area contributed by atoms with Crippen LogP contribution in [0.1, 0.15) is 21.5 Å². The van der Waals surface area contributed by atoms with Crippen molar-refractivity contribution in [1.29, 1.82) is 0 Å². The zero-order valence-corrected chi connectivity index (χ0v) is 14.5. The van der Waals surface area contributed by atoms with Crippen molar-refractivity contribution in [3.05, 3.63) is 58.1 Å². The van der Waals surface area contributed by atoms with Gasteiger partial charge in [-0.2, -0.15) is 5.10 Å². The van der Waals surface area contributed by atoms with Crippen molar-refractivity contribution < 1.29 is 9.90 Å². The predicted octanol–water partition coefficient (Wildman–Crippen LogP) is 3.20. The highest BCUT2D eigenvalue weighted by Crippen LogP contribution is 2.35. The van der Waals surface area contributed by atoms with Crippen molar-refractivity contribution in [2.45, 2.75) is 13.8 Å². The zero-order chi connectivity index (χ0) is 18.3. The predicted molar refractivity (Wildman–Crippen MR) is 98.1 cm³/mol. The van der Waals surface area contributed by atoms with Crippen LogP contribution in [-0.4, -0.2) is 20.8 Å². The highest BCUT2D eigenvalue weighted by molar-refractivity contribution is 6.33. The van der Waals surface area contributed by atoms with Crippen molar-refractivity contribution in [3.63, 3.8) is 0 Å². The molecule has 128 valence electrons. The maximum Gasteiger partial charge on any atom is 0.254 e. The summed E-state index contributed by atoms with van der Waals surface area (Å²) in [4.78, 5) is 12.0. The number of phenols is 1. The summed E-state index contributed by atoms with van der Waals surface area (Å²) in [6.07, 6.45) is 0. The first-order valence-electron chi connectivity index (χ1n) is 7.55. The fourth-order valence-corrected chi connectivity index (χ4v) is 3.06. The molecule has 5 N–H and O–H groups in total. The van der Waals surface area contributed by atoms with E-state index < -0.39 is 5.91 Å². The van der Waals surface area contributed by atoms with Gasteiger partial charge >= 0.3 is 0 Å². The molecule has 0 radical (unpaired) electrons. The number of amides is 1. The summed E-state index contributed by atoms with van der Waals surface area (Å²) in [6, 6.07) is 10.3. The first kappa shape index (κ1) is 16.9. The Morgan fingerprint density at radius 3 is 2.52 bits per heavy atom. The number of anilines is 1. The number of carbonyl (C=O) groups is 1. The molecule has 0 fully saturated rings. The lowest BCUT2D eigenvalue weighted by molar-refractivity contribution is 0.100. The second-order valence-corrected chi connectivity index (χ2v) is 6.15. The summed E-state index contributed by atoms with van der Waals surface area (Å²) in [5, 5.41) is 14.9. The number of primary amides is 1. The summed E-state index contributed by atoms with van der Waals surface area (Å²) in [7, 11) is 0. The van der Waals surface area contributed by atoms with Gasteiger partial charge in [-0.15, -0.1) is 0 Å². The standard InChI is InChI=1S/C18H17ClN4O2/c1-9-7-8-13(24)10(2)16(9)23-17(20)14(18(21)25)15(22-23)11-5-3-4-6-12(11)19/h3-8,24H,20H2,1-2H3,(H2,21,25).